The highest BCUT2D eigenvalue weighted by atomic mass is 32.2. The summed E-state index contributed by atoms with van der Waals surface area (Å²) < 4.78 is 2.41. The van der Waals surface area contributed by atoms with Gasteiger partial charge >= 0.3 is 0 Å². The molecule has 1 saturated heterocycles. The molecule has 0 spiro atoms. The van der Waals surface area contributed by atoms with Crippen LogP contribution in [0.2, 0.25) is 0 Å². The SMILES string of the molecule is OCCC(SN1C[C@@H]2CC(O)(c3ccccc3)C[C@@H]2C1)c1ccc(O)cc1. The molecule has 1 aliphatic heterocycles. The number of rotatable bonds is 6. The Kier molecular flexibility index (Phi) is 5.46. The molecule has 3 N–H and O–H groups in total. The van der Waals surface area contributed by atoms with Crippen LogP contribution >= 0.6 is 11.9 Å². The molecule has 0 amide bonds. The van der Waals surface area contributed by atoms with Crippen LogP contribution in [0, 0.1) is 11.8 Å². The fraction of sp³-hybridized carbons (Fsp3) is 0.455. The molecular weight excluding hydrogens is 358 g/mol. The molecule has 2 fully saturated rings. The average molecular weight is 386 g/mol. The number of nitrogens with zero attached hydrogens (tertiary/aromatic N) is 1. The van der Waals surface area contributed by atoms with Crippen LogP contribution in [0.4, 0.5) is 0 Å². The van der Waals surface area contributed by atoms with Crippen LogP contribution in [0.25, 0.3) is 0 Å². The zero-order valence-electron chi connectivity index (χ0n) is 15.4. The Morgan fingerprint density at radius 2 is 1.63 bits per heavy atom. The van der Waals surface area contributed by atoms with E-state index in [1.165, 1.54) is 0 Å². The first-order valence-electron chi connectivity index (χ1n) is 9.67. The maximum Gasteiger partial charge on any atom is 0.115 e. The van der Waals surface area contributed by atoms with E-state index in [4.69, 9.17) is 0 Å². The van der Waals surface area contributed by atoms with E-state index >= 15 is 0 Å². The first-order chi connectivity index (χ1) is 13.1. The predicted molar refractivity (Wildman–Crippen MR) is 108 cm³/mol. The molecule has 4 nitrogen and oxygen atoms in total. The third-order valence-corrected chi connectivity index (χ3v) is 7.34. The quantitative estimate of drug-likeness (QED) is 0.662. The van der Waals surface area contributed by atoms with Crippen LogP contribution in [-0.4, -0.2) is 39.3 Å². The van der Waals surface area contributed by atoms with Crippen molar-refractivity contribution in [3.8, 4) is 5.75 Å². The summed E-state index contributed by atoms with van der Waals surface area (Å²) in [6.07, 6.45) is 2.33. The van der Waals surface area contributed by atoms with Gasteiger partial charge in [-0.25, -0.2) is 4.31 Å². The van der Waals surface area contributed by atoms with E-state index in [-0.39, 0.29) is 17.6 Å². The Morgan fingerprint density at radius 1 is 1.00 bits per heavy atom. The lowest BCUT2D eigenvalue weighted by Crippen LogP contribution is -2.26. The molecule has 1 heterocycles. The van der Waals surface area contributed by atoms with Gasteiger partial charge < -0.3 is 15.3 Å². The Hall–Kier alpha value is -1.53. The van der Waals surface area contributed by atoms with E-state index < -0.39 is 5.60 Å². The number of phenolic OH excluding ortho intramolecular Hbond substituents is 1. The first-order valence-corrected chi connectivity index (χ1v) is 10.5. The molecule has 2 aromatic carbocycles. The van der Waals surface area contributed by atoms with Crippen molar-refractivity contribution in [3.63, 3.8) is 0 Å². The van der Waals surface area contributed by atoms with Gasteiger partial charge in [-0.3, -0.25) is 0 Å². The van der Waals surface area contributed by atoms with Crippen LogP contribution in [0.3, 0.4) is 0 Å². The molecule has 27 heavy (non-hydrogen) atoms. The smallest absolute Gasteiger partial charge is 0.115 e. The minimum atomic E-state index is -0.686. The number of benzene rings is 2. The summed E-state index contributed by atoms with van der Waals surface area (Å²) in [6, 6.07) is 17.4. The Bertz CT molecular complexity index is 738. The van der Waals surface area contributed by atoms with Crippen LogP contribution in [0.1, 0.15) is 35.6 Å². The number of aliphatic hydroxyl groups excluding tert-OH is 1. The topological polar surface area (TPSA) is 63.9 Å². The number of phenols is 1. The van der Waals surface area contributed by atoms with Gasteiger partial charge in [0.25, 0.3) is 0 Å². The maximum absolute atomic E-state index is 11.1. The van der Waals surface area contributed by atoms with E-state index in [1.54, 1.807) is 24.1 Å². The molecule has 1 saturated carbocycles. The van der Waals surface area contributed by atoms with Crippen molar-refractivity contribution >= 4 is 11.9 Å². The Labute approximate surface area is 165 Å². The number of hydrogen-bond donors (Lipinski definition) is 3. The average Bonchev–Trinajstić information content (AvgIpc) is 3.18. The fourth-order valence-corrected chi connectivity index (χ4v) is 6.05. The van der Waals surface area contributed by atoms with Gasteiger partial charge in [0.2, 0.25) is 0 Å². The van der Waals surface area contributed by atoms with E-state index in [1.807, 2.05) is 42.5 Å². The van der Waals surface area contributed by atoms with Crippen molar-refractivity contribution in [3.05, 3.63) is 65.7 Å². The standard InChI is InChI=1S/C22H27NO3S/c24-11-10-21(16-6-8-20(25)9-7-16)27-23-14-17-12-22(26,13-18(17)15-23)19-4-2-1-3-5-19/h1-9,17-18,21,24-26H,10-15H2/t17-,18+,21?,22?. The van der Waals surface area contributed by atoms with Crippen molar-refractivity contribution in [2.75, 3.05) is 19.7 Å². The molecule has 4 rings (SSSR count). The van der Waals surface area contributed by atoms with Gasteiger partial charge in [0.15, 0.2) is 0 Å². The van der Waals surface area contributed by atoms with Crippen molar-refractivity contribution < 1.29 is 15.3 Å². The van der Waals surface area contributed by atoms with Gasteiger partial charge in [0.1, 0.15) is 5.75 Å². The Morgan fingerprint density at radius 3 is 2.22 bits per heavy atom. The van der Waals surface area contributed by atoms with Crippen molar-refractivity contribution in [2.45, 2.75) is 30.1 Å². The molecular formula is C22H27NO3S. The molecule has 144 valence electrons. The van der Waals surface area contributed by atoms with Crippen LogP contribution in [0.15, 0.2) is 54.6 Å². The summed E-state index contributed by atoms with van der Waals surface area (Å²) in [6.45, 7) is 2.10. The molecule has 2 unspecified atom stereocenters. The van der Waals surface area contributed by atoms with Gasteiger partial charge in [-0.15, -0.1) is 0 Å². The van der Waals surface area contributed by atoms with Gasteiger partial charge in [-0.05, 0) is 54.4 Å². The van der Waals surface area contributed by atoms with E-state index in [0.29, 0.717) is 18.3 Å². The number of hydrogen-bond acceptors (Lipinski definition) is 5. The highest BCUT2D eigenvalue weighted by Crippen LogP contribution is 2.51. The first kappa shape index (κ1) is 18.8. The molecule has 1 aliphatic carbocycles. The lowest BCUT2D eigenvalue weighted by Gasteiger charge is -2.27. The third-order valence-electron chi connectivity index (χ3n) is 5.99. The second-order valence-corrected chi connectivity index (χ2v) is 9.17. The van der Waals surface area contributed by atoms with E-state index in [2.05, 4.69) is 4.31 Å². The minimum Gasteiger partial charge on any atom is -0.508 e. The molecule has 4 atom stereocenters. The lowest BCUT2D eigenvalue weighted by atomic mass is 9.91. The van der Waals surface area contributed by atoms with Gasteiger partial charge in [-0.1, -0.05) is 54.4 Å². The molecule has 0 aromatic heterocycles. The molecule has 0 bridgehead atoms. The summed E-state index contributed by atoms with van der Waals surface area (Å²) in [7, 11) is 0. The van der Waals surface area contributed by atoms with E-state index in [9.17, 15) is 15.3 Å². The van der Waals surface area contributed by atoms with Gasteiger partial charge in [0, 0.05) is 24.9 Å². The summed E-state index contributed by atoms with van der Waals surface area (Å²) in [5.41, 5.74) is 1.49. The number of fused-ring (bicyclic) bond motifs is 1. The van der Waals surface area contributed by atoms with E-state index in [0.717, 1.165) is 37.1 Å². The van der Waals surface area contributed by atoms with Crippen molar-refractivity contribution in [2.24, 2.45) is 11.8 Å². The zero-order valence-corrected chi connectivity index (χ0v) is 16.2. The summed E-state index contributed by atoms with van der Waals surface area (Å²) >= 11 is 1.80. The number of aliphatic hydroxyl groups is 2. The molecule has 2 aliphatic rings. The molecule has 2 aromatic rings. The summed E-state index contributed by atoms with van der Waals surface area (Å²) in [5.74, 6) is 1.29. The van der Waals surface area contributed by atoms with Crippen LogP contribution in [-0.2, 0) is 5.60 Å². The van der Waals surface area contributed by atoms with Crippen LogP contribution in [0.5, 0.6) is 5.75 Å². The number of aromatic hydroxyl groups is 1. The van der Waals surface area contributed by atoms with Gasteiger partial charge in [-0.2, -0.15) is 0 Å². The summed E-state index contributed by atoms with van der Waals surface area (Å²) in [5, 5.41) is 30.3. The monoisotopic (exact) mass is 385 g/mol. The highest BCUT2D eigenvalue weighted by molar-refractivity contribution is 7.97. The van der Waals surface area contributed by atoms with Gasteiger partial charge in [0.05, 0.1) is 5.60 Å². The predicted octanol–water partition coefficient (Wildman–Crippen LogP) is 3.69. The fourth-order valence-electron chi connectivity index (χ4n) is 4.65. The van der Waals surface area contributed by atoms with Crippen molar-refractivity contribution in [1.29, 1.82) is 0 Å². The second-order valence-electron chi connectivity index (χ2n) is 7.87. The van der Waals surface area contributed by atoms with Crippen molar-refractivity contribution in [1.82, 2.24) is 4.31 Å². The highest BCUT2D eigenvalue weighted by Gasteiger charge is 2.49. The summed E-state index contributed by atoms with van der Waals surface area (Å²) in [4.78, 5) is 0. The minimum absolute atomic E-state index is 0.146. The zero-order chi connectivity index (χ0) is 18.9. The normalized spacial score (nSPS) is 29.0. The second kappa shape index (κ2) is 7.84. The Balaban J connectivity index is 1.40. The largest absolute Gasteiger partial charge is 0.508 e. The van der Waals surface area contributed by atoms with Crippen LogP contribution < -0.4 is 0 Å². The maximum atomic E-state index is 11.1. The molecule has 5 heteroatoms. The third kappa shape index (κ3) is 4.02. The molecule has 0 radical (unpaired) electrons. The lowest BCUT2D eigenvalue weighted by molar-refractivity contribution is 0.0341.